The molecule has 1 aromatic heterocycles. The van der Waals surface area contributed by atoms with E-state index in [0.29, 0.717) is 12.2 Å². The van der Waals surface area contributed by atoms with E-state index in [-0.39, 0.29) is 11.9 Å². The van der Waals surface area contributed by atoms with Gasteiger partial charge < -0.3 is 4.90 Å². The summed E-state index contributed by atoms with van der Waals surface area (Å²) in [5, 5.41) is 0. The third-order valence-electron chi connectivity index (χ3n) is 4.83. The molecule has 1 fully saturated rings. The Kier molecular flexibility index (Phi) is 5.43. The molecule has 25 heavy (non-hydrogen) atoms. The molecular weight excluding hydrogens is 312 g/mol. The number of likely N-dealkylation sites (N-methyl/N-ethyl adjacent to an activating group) is 1. The van der Waals surface area contributed by atoms with Gasteiger partial charge in [0.1, 0.15) is 11.5 Å². The van der Waals surface area contributed by atoms with E-state index in [4.69, 9.17) is 0 Å². The Morgan fingerprint density at radius 1 is 1.28 bits per heavy atom. The van der Waals surface area contributed by atoms with Crippen LogP contribution in [0, 0.1) is 6.92 Å². The maximum atomic E-state index is 12.8. The van der Waals surface area contributed by atoms with Crippen LogP contribution in [0.1, 0.15) is 46.5 Å². The Hall–Kier alpha value is -2.27. The topological polar surface area (TPSA) is 49.3 Å². The van der Waals surface area contributed by atoms with Crippen molar-refractivity contribution in [1.29, 1.82) is 0 Å². The predicted molar refractivity (Wildman–Crippen MR) is 98.5 cm³/mol. The molecule has 0 spiro atoms. The van der Waals surface area contributed by atoms with E-state index in [1.807, 2.05) is 32.2 Å². The van der Waals surface area contributed by atoms with Gasteiger partial charge in [0, 0.05) is 19.3 Å². The third-order valence-corrected chi connectivity index (χ3v) is 4.83. The Morgan fingerprint density at radius 3 is 2.72 bits per heavy atom. The van der Waals surface area contributed by atoms with E-state index < -0.39 is 0 Å². The van der Waals surface area contributed by atoms with Gasteiger partial charge in [-0.25, -0.2) is 9.97 Å². The van der Waals surface area contributed by atoms with E-state index >= 15 is 0 Å². The second kappa shape index (κ2) is 7.74. The first-order chi connectivity index (χ1) is 12.0. The molecule has 1 amide bonds. The summed E-state index contributed by atoms with van der Waals surface area (Å²) in [6, 6.07) is 12.2. The summed E-state index contributed by atoms with van der Waals surface area (Å²) in [5.74, 6) is 0.739. The minimum atomic E-state index is -0.0386. The number of aromatic nitrogens is 2. The van der Waals surface area contributed by atoms with Gasteiger partial charge in [0.2, 0.25) is 0 Å². The van der Waals surface area contributed by atoms with Gasteiger partial charge in [0.05, 0.1) is 6.04 Å². The second-order valence-corrected chi connectivity index (χ2v) is 6.85. The summed E-state index contributed by atoms with van der Waals surface area (Å²) in [6.45, 7) is 3.66. The first-order valence-corrected chi connectivity index (χ1v) is 8.90. The van der Waals surface area contributed by atoms with Crippen molar-refractivity contribution in [2.24, 2.45) is 0 Å². The van der Waals surface area contributed by atoms with E-state index in [2.05, 4.69) is 34.0 Å². The number of rotatable bonds is 5. The Bertz CT molecular complexity index is 732. The molecule has 2 aromatic rings. The number of hydrogen-bond acceptors (Lipinski definition) is 4. The Morgan fingerprint density at radius 2 is 2.04 bits per heavy atom. The molecular formula is C20H26N4O. The van der Waals surface area contributed by atoms with Gasteiger partial charge >= 0.3 is 0 Å². The van der Waals surface area contributed by atoms with E-state index in [1.165, 1.54) is 5.56 Å². The lowest BCUT2D eigenvalue weighted by atomic mass is 10.1. The zero-order chi connectivity index (χ0) is 17.8. The average molecular weight is 338 g/mol. The summed E-state index contributed by atoms with van der Waals surface area (Å²) >= 11 is 0. The van der Waals surface area contributed by atoms with Gasteiger partial charge in [-0.3, -0.25) is 9.69 Å². The van der Waals surface area contributed by atoms with E-state index in [9.17, 15) is 4.79 Å². The number of carbonyl (C=O) groups excluding carboxylic acids is 1. The monoisotopic (exact) mass is 338 g/mol. The fourth-order valence-corrected chi connectivity index (χ4v) is 3.33. The SMILES string of the molecule is Cc1cc(C(=O)N(C)CCc2ccccc2)nc([C@@H]2CCCN2C)n1. The molecule has 0 N–H and O–H groups in total. The van der Waals surface area contributed by atoms with Crippen LogP contribution >= 0.6 is 0 Å². The molecule has 1 aliphatic heterocycles. The summed E-state index contributed by atoms with van der Waals surface area (Å²) in [7, 11) is 3.93. The quantitative estimate of drug-likeness (QED) is 0.841. The molecule has 3 rings (SSSR count). The van der Waals surface area contributed by atoms with Crippen molar-refractivity contribution < 1.29 is 4.79 Å². The zero-order valence-electron chi connectivity index (χ0n) is 15.3. The number of benzene rings is 1. The molecule has 1 aromatic carbocycles. The molecule has 0 aliphatic carbocycles. The maximum absolute atomic E-state index is 12.8. The van der Waals surface area contributed by atoms with Crippen LogP contribution in [0.15, 0.2) is 36.4 Å². The molecule has 0 saturated carbocycles. The molecule has 1 atom stereocenters. The highest BCUT2D eigenvalue weighted by atomic mass is 16.2. The van der Waals surface area contributed by atoms with Crippen LogP contribution in [0.5, 0.6) is 0 Å². The van der Waals surface area contributed by atoms with Gasteiger partial charge in [-0.2, -0.15) is 0 Å². The number of likely N-dealkylation sites (tertiary alicyclic amines) is 1. The first kappa shape index (κ1) is 17.5. The number of nitrogens with zero attached hydrogens (tertiary/aromatic N) is 4. The van der Waals surface area contributed by atoms with Gasteiger partial charge in [0.25, 0.3) is 5.91 Å². The van der Waals surface area contributed by atoms with Crippen molar-refractivity contribution in [1.82, 2.24) is 19.8 Å². The normalized spacial score (nSPS) is 17.6. The van der Waals surface area contributed by atoms with Crippen LogP contribution in [0.2, 0.25) is 0 Å². The van der Waals surface area contributed by atoms with Crippen LogP contribution < -0.4 is 0 Å². The smallest absolute Gasteiger partial charge is 0.272 e. The minimum Gasteiger partial charge on any atom is -0.340 e. The largest absolute Gasteiger partial charge is 0.340 e. The summed E-state index contributed by atoms with van der Waals surface area (Å²) in [6.07, 6.45) is 3.04. The fourth-order valence-electron chi connectivity index (χ4n) is 3.33. The lowest BCUT2D eigenvalue weighted by Gasteiger charge is -2.20. The first-order valence-electron chi connectivity index (χ1n) is 8.90. The zero-order valence-corrected chi connectivity index (χ0v) is 15.3. The van der Waals surface area contributed by atoms with Crippen LogP contribution in [0.3, 0.4) is 0 Å². The molecule has 1 saturated heterocycles. The van der Waals surface area contributed by atoms with Gasteiger partial charge in [-0.15, -0.1) is 0 Å². The lowest BCUT2D eigenvalue weighted by molar-refractivity contribution is 0.0789. The third kappa shape index (κ3) is 4.23. The highest BCUT2D eigenvalue weighted by Gasteiger charge is 2.26. The van der Waals surface area contributed by atoms with Crippen molar-refractivity contribution in [2.75, 3.05) is 27.2 Å². The predicted octanol–water partition coefficient (Wildman–Crippen LogP) is 2.87. The van der Waals surface area contributed by atoms with Crippen LogP contribution in [-0.2, 0) is 6.42 Å². The van der Waals surface area contributed by atoms with Crippen molar-refractivity contribution in [2.45, 2.75) is 32.2 Å². The standard InChI is InChI=1S/C20H26N4O/c1-15-14-17(22-19(21-15)18-10-7-12-23(18)2)20(25)24(3)13-11-16-8-5-4-6-9-16/h4-6,8-9,14,18H,7,10-13H2,1-3H3/t18-/m0/s1. The van der Waals surface area contributed by atoms with E-state index in [1.54, 1.807) is 11.0 Å². The molecule has 0 radical (unpaired) electrons. The second-order valence-electron chi connectivity index (χ2n) is 6.85. The van der Waals surface area contributed by atoms with Crippen LogP contribution in [0.4, 0.5) is 0 Å². The van der Waals surface area contributed by atoms with E-state index in [0.717, 1.165) is 37.3 Å². The Labute approximate surface area is 149 Å². The van der Waals surface area contributed by atoms with Crippen molar-refractivity contribution >= 4 is 5.91 Å². The fraction of sp³-hybridized carbons (Fsp3) is 0.450. The van der Waals surface area contributed by atoms with Crippen molar-refractivity contribution in [3.05, 3.63) is 59.2 Å². The summed E-state index contributed by atoms with van der Waals surface area (Å²) < 4.78 is 0. The molecule has 0 bridgehead atoms. The molecule has 0 unspecified atom stereocenters. The molecule has 2 heterocycles. The van der Waals surface area contributed by atoms with Crippen molar-refractivity contribution in [3.8, 4) is 0 Å². The highest BCUT2D eigenvalue weighted by Crippen LogP contribution is 2.28. The lowest BCUT2D eigenvalue weighted by Crippen LogP contribution is -2.30. The molecule has 132 valence electrons. The number of amides is 1. The minimum absolute atomic E-state index is 0.0386. The van der Waals surface area contributed by atoms with Crippen LogP contribution in [0.25, 0.3) is 0 Å². The van der Waals surface area contributed by atoms with Gasteiger partial charge in [-0.1, -0.05) is 30.3 Å². The number of aryl methyl sites for hydroxylation is 1. The Balaban J connectivity index is 1.71. The summed E-state index contributed by atoms with van der Waals surface area (Å²) in [5.41, 5.74) is 2.58. The number of carbonyl (C=O) groups is 1. The highest BCUT2D eigenvalue weighted by molar-refractivity contribution is 5.92. The summed E-state index contributed by atoms with van der Waals surface area (Å²) in [4.78, 5) is 26.0. The van der Waals surface area contributed by atoms with Gasteiger partial charge in [0.15, 0.2) is 0 Å². The average Bonchev–Trinajstić information content (AvgIpc) is 3.05. The van der Waals surface area contributed by atoms with Crippen molar-refractivity contribution in [3.63, 3.8) is 0 Å². The number of hydrogen-bond donors (Lipinski definition) is 0. The van der Waals surface area contributed by atoms with Crippen LogP contribution in [-0.4, -0.2) is 52.9 Å². The maximum Gasteiger partial charge on any atom is 0.272 e. The molecule has 1 aliphatic rings. The molecule has 5 heteroatoms. The van der Waals surface area contributed by atoms with Gasteiger partial charge in [-0.05, 0) is 51.4 Å². The molecule has 5 nitrogen and oxygen atoms in total.